The van der Waals surface area contributed by atoms with Crippen molar-refractivity contribution in [1.29, 1.82) is 0 Å². The number of aliphatic hydroxyl groups excluding tert-OH is 1. The molecule has 0 aliphatic heterocycles. The Morgan fingerprint density at radius 1 is 1.18 bits per heavy atom. The molecule has 22 heavy (non-hydrogen) atoms. The van der Waals surface area contributed by atoms with Crippen LogP contribution in [0.5, 0.6) is 0 Å². The Balaban J connectivity index is 2.18. The lowest BCUT2D eigenvalue weighted by molar-refractivity contribution is -0.137. The monoisotopic (exact) mass is 308 g/mol. The predicted octanol–water partition coefficient (Wildman–Crippen LogP) is 3.79. The summed E-state index contributed by atoms with van der Waals surface area (Å²) in [5.74, 6) is -0.540. The number of unbranched alkanes of at least 4 members (excludes halogenated alkanes) is 4. The van der Waals surface area contributed by atoms with Crippen molar-refractivity contribution in [3.63, 3.8) is 0 Å². The molecule has 1 aliphatic rings. The topological polar surface area (TPSA) is 74.6 Å². The number of Topliss-reactive ketones (excluding diaryl/α,β-unsaturated/α-hetero) is 1. The standard InChI is InChI=1S/C18H28O4/c1-2-14-10-13-17(20)16(14)12-11-15(19)8-6-4-3-5-7-9-18(21)22/h11-12,15,19H,2-10,13H2,1H3,(H,21,22)/b12-11+/t15-/m0/s1. The Hall–Kier alpha value is -1.42. The van der Waals surface area contributed by atoms with E-state index in [1.807, 2.05) is 0 Å². The summed E-state index contributed by atoms with van der Waals surface area (Å²) in [4.78, 5) is 22.1. The quantitative estimate of drug-likeness (QED) is 0.569. The first-order chi connectivity index (χ1) is 10.5. The third-order valence-corrected chi connectivity index (χ3v) is 4.14. The van der Waals surface area contributed by atoms with E-state index in [-0.39, 0.29) is 12.2 Å². The SMILES string of the molecule is CCC1=C(/C=C/[C@@H](O)CCCCCCCC(=O)O)C(=O)CC1. The Morgan fingerprint density at radius 3 is 2.55 bits per heavy atom. The minimum Gasteiger partial charge on any atom is -0.481 e. The van der Waals surface area contributed by atoms with Crippen molar-refractivity contribution in [2.75, 3.05) is 0 Å². The fraction of sp³-hybridized carbons (Fsp3) is 0.667. The van der Waals surface area contributed by atoms with E-state index >= 15 is 0 Å². The maximum atomic E-state index is 11.7. The number of aliphatic carboxylic acids is 1. The number of hydrogen-bond donors (Lipinski definition) is 2. The molecule has 4 heteroatoms. The van der Waals surface area contributed by atoms with E-state index in [9.17, 15) is 14.7 Å². The highest BCUT2D eigenvalue weighted by molar-refractivity contribution is 6.01. The largest absolute Gasteiger partial charge is 0.481 e. The van der Waals surface area contributed by atoms with Crippen molar-refractivity contribution in [3.05, 3.63) is 23.3 Å². The molecule has 0 fully saturated rings. The lowest BCUT2D eigenvalue weighted by Crippen LogP contribution is -2.03. The molecule has 2 N–H and O–H groups in total. The van der Waals surface area contributed by atoms with E-state index in [1.165, 1.54) is 5.57 Å². The van der Waals surface area contributed by atoms with Crippen LogP contribution in [0.1, 0.15) is 71.1 Å². The number of aliphatic hydroxyl groups is 1. The molecule has 0 spiro atoms. The predicted molar refractivity (Wildman–Crippen MR) is 86.7 cm³/mol. The van der Waals surface area contributed by atoms with Crippen molar-refractivity contribution in [3.8, 4) is 0 Å². The molecule has 0 unspecified atom stereocenters. The van der Waals surface area contributed by atoms with Crippen molar-refractivity contribution < 1.29 is 19.8 Å². The number of rotatable bonds is 11. The molecule has 4 nitrogen and oxygen atoms in total. The summed E-state index contributed by atoms with van der Waals surface area (Å²) in [7, 11) is 0. The molecule has 0 saturated carbocycles. The number of ketones is 1. The molecule has 0 aromatic heterocycles. The molecule has 0 amide bonds. The van der Waals surface area contributed by atoms with Crippen molar-refractivity contribution in [1.82, 2.24) is 0 Å². The first-order valence-corrected chi connectivity index (χ1v) is 8.37. The molecular weight excluding hydrogens is 280 g/mol. The average Bonchev–Trinajstić information content (AvgIpc) is 2.84. The number of carboxylic acid groups (broad SMARTS) is 1. The van der Waals surface area contributed by atoms with Gasteiger partial charge in [-0.3, -0.25) is 9.59 Å². The summed E-state index contributed by atoms with van der Waals surface area (Å²) in [6.07, 6.45) is 10.9. The van der Waals surface area contributed by atoms with Gasteiger partial charge in [-0.25, -0.2) is 0 Å². The van der Waals surface area contributed by atoms with Gasteiger partial charge in [-0.1, -0.05) is 50.3 Å². The second-order valence-corrected chi connectivity index (χ2v) is 5.92. The molecule has 0 saturated heterocycles. The van der Waals surface area contributed by atoms with Crippen LogP contribution in [-0.2, 0) is 9.59 Å². The van der Waals surface area contributed by atoms with E-state index in [1.54, 1.807) is 12.2 Å². The van der Waals surface area contributed by atoms with Gasteiger partial charge in [0.1, 0.15) is 0 Å². The number of hydrogen-bond acceptors (Lipinski definition) is 3. The van der Waals surface area contributed by atoms with Crippen molar-refractivity contribution >= 4 is 11.8 Å². The minimum absolute atomic E-state index is 0.193. The van der Waals surface area contributed by atoms with Gasteiger partial charge in [0.2, 0.25) is 0 Å². The maximum absolute atomic E-state index is 11.7. The molecule has 0 aromatic rings. The van der Waals surface area contributed by atoms with Crippen LogP contribution in [0, 0.1) is 0 Å². The highest BCUT2D eigenvalue weighted by Gasteiger charge is 2.19. The van der Waals surface area contributed by atoms with Crippen LogP contribution in [0.4, 0.5) is 0 Å². The second-order valence-electron chi connectivity index (χ2n) is 5.92. The van der Waals surface area contributed by atoms with E-state index < -0.39 is 12.1 Å². The zero-order valence-electron chi connectivity index (χ0n) is 13.5. The van der Waals surface area contributed by atoms with Gasteiger partial charge in [0, 0.05) is 18.4 Å². The molecule has 1 rings (SSSR count). The van der Waals surface area contributed by atoms with Crippen LogP contribution >= 0.6 is 0 Å². The molecule has 124 valence electrons. The Labute approximate surface area is 132 Å². The molecule has 0 aromatic carbocycles. The van der Waals surface area contributed by atoms with Gasteiger partial charge in [0.05, 0.1) is 6.10 Å². The van der Waals surface area contributed by atoms with E-state index in [0.29, 0.717) is 12.8 Å². The first kappa shape index (κ1) is 18.6. The normalized spacial score (nSPS) is 16.7. The Bertz CT molecular complexity index is 434. The summed E-state index contributed by atoms with van der Waals surface area (Å²) < 4.78 is 0. The van der Waals surface area contributed by atoms with Gasteiger partial charge in [0.25, 0.3) is 0 Å². The number of allylic oxidation sites excluding steroid dienone is 3. The average molecular weight is 308 g/mol. The lowest BCUT2D eigenvalue weighted by atomic mass is 10.0. The summed E-state index contributed by atoms with van der Waals surface area (Å²) in [5, 5.41) is 18.5. The van der Waals surface area contributed by atoms with Crippen LogP contribution in [0.15, 0.2) is 23.3 Å². The fourth-order valence-corrected chi connectivity index (χ4v) is 2.77. The highest BCUT2D eigenvalue weighted by atomic mass is 16.4. The smallest absolute Gasteiger partial charge is 0.303 e. The second kappa shape index (κ2) is 10.3. The van der Waals surface area contributed by atoms with Crippen LogP contribution in [0.25, 0.3) is 0 Å². The van der Waals surface area contributed by atoms with Crippen LogP contribution in [0.2, 0.25) is 0 Å². The molecule has 0 radical (unpaired) electrons. The summed E-state index contributed by atoms with van der Waals surface area (Å²) in [6.45, 7) is 2.06. The van der Waals surface area contributed by atoms with Gasteiger partial charge >= 0.3 is 5.97 Å². The third kappa shape index (κ3) is 7.03. The Morgan fingerprint density at radius 2 is 1.86 bits per heavy atom. The molecule has 1 atom stereocenters. The molecule has 0 heterocycles. The third-order valence-electron chi connectivity index (χ3n) is 4.14. The number of carbonyl (C=O) groups is 2. The summed E-state index contributed by atoms with van der Waals surface area (Å²) >= 11 is 0. The number of carbonyl (C=O) groups excluding carboxylic acids is 1. The minimum atomic E-state index is -0.734. The Kier molecular flexibility index (Phi) is 8.75. The maximum Gasteiger partial charge on any atom is 0.303 e. The first-order valence-electron chi connectivity index (χ1n) is 8.37. The van der Waals surface area contributed by atoms with Crippen LogP contribution in [-0.4, -0.2) is 28.1 Å². The number of carboxylic acids is 1. The zero-order chi connectivity index (χ0) is 16.4. The van der Waals surface area contributed by atoms with E-state index in [4.69, 9.17) is 5.11 Å². The summed E-state index contributed by atoms with van der Waals surface area (Å²) in [5.41, 5.74) is 2.00. The van der Waals surface area contributed by atoms with Gasteiger partial charge in [-0.15, -0.1) is 0 Å². The van der Waals surface area contributed by atoms with Crippen molar-refractivity contribution in [2.24, 2.45) is 0 Å². The van der Waals surface area contributed by atoms with E-state index in [2.05, 4.69) is 6.92 Å². The fourth-order valence-electron chi connectivity index (χ4n) is 2.77. The molecule has 0 bridgehead atoms. The van der Waals surface area contributed by atoms with Gasteiger partial charge in [0.15, 0.2) is 5.78 Å². The van der Waals surface area contributed by atoms with Crippen LogP contribution < -0.4 is 0 Å². The van der Waals surface area contributed by atoms with Gasteiger partial charge in [-0.05, 0) is 25.7 Å². The molecule has 1 aliphatic carbocycles. The van der Waals surface area contributed by atoms with Gasteiger partial charge in [-0.2, -0.15) is 0 Å². The molecular formula is C18H28O4. The van der Waals surface area contributed by atoms with Crippen LogP contribution in [0.3, 0.4) is 0 Å². The van der Waals surface area contributed by atoms with Crippen molar-refractivity contribution in [2.45, 2.75) is 77.2 Å². The zero-order valence-corrected chi connectivity index (χ0v) is 13.5. The lowest BCUT2D eigenvalue weighted by Gasteiger charge is -2.06. The highest BCUT2D eigenvalue weighted by Crippen LogP contribution is 2.26. The summed E-state index contributed by atoms with van der Waals surface area (Å²) in [6, 6.07) is 0. The van der Waals surface area contributed by atoms with E-state index in [0.717, 1.165) is 50.5 Å². The van der Waals surface area contributed by atoms with Gasteiger partial charge < -0.3 is 10.2 Å².